The molecule has 0 fully saturated rings. The van der Waals surface area contributed by atoms with Crippen LogP contribution in [0.3, 0.4) is 0 Å². The zero-order valence-corrected chi connectivity index (χ0v) is 11.9. The van der Waals surface area contributed by atoms with Crippen LogP contribution in [0.5, 0.6) is 0 Å². The third-order valence-electron chi connectivity index (χ3n) is 3.40. The standard InChI is InChI=1S/C16H14F2N4/c1-10-2-5-12(6-3-10)22-16(15(9-19)20-21-22)11-4-7-13(17)14(18)8-11/h2-8H,9,19H2,1H3. The summed E-state index contributed by atoms with van der Waals surface area (Å²) in [4.78, 5) is 0. The van der Waals surface area contributed by atoms with Gasteiger partial charge in [0, 0.05) is 12.1 Å². The fourth-order valence-corrected chi connectivity index (χ4v) is 2.25. The molecule has 0 saturated carbocycles. The van der Waals surface area contributed by atoms with Crippen molar-refractivity contribution in [3.05, 3.63) is 65.4 Å². The molecule has 0 aliphatic carbocycles. The lowest BCUT2D eigenvalue weighted by Gasteiger charge is -2.08. The number of benzene rings is 2. The van der Waals surface area contributed by atoms with Crippen LogP contribution in [0, 0.1) is 18.6 Å². The first kappa shape index (κ1) is 14.3. The number of rotatable bonds is 3. The minimum atomic E-state index is -0.919. The number of halogens is 2. The molecule has 0 unspecified atom stereocenters. The van der Waals surface area contributed by atoms with Gasteiger partial charge in [0.05, 0.1) is 11.4 Å². The van der Waals surface area contributed by atoms with E-state index in [1.165, 1.54) is 6.07 Å². The maximum Gasteiger partial charge on any atom is 0.159 e. The lowest BCUT2D eigenvalue weighted by atomic mass is 10.1. The number of aryl methyl sites for hydroxylation is 1. The summed E-state index contributed by atoms with van der Waals surface area (Å²) >= 11 is 0. The van der Waals surface area contributed by atoms with Gasteiger partial charge in [-0.15, -0.1) is 5.10 Å². The van der Waals surface area contributed by atoms with Gasteiger partial charge in [0.15, 0.2) is 11.6 Å². The van der Waals surface area contributed by atoms with E-state index in [1.54, 1.807) is 4.68 Å². The minimum Gasteiger partial charge on any atom is -0.325 e. The zero-order valence-electron chi connectivity index (χ0n) is 11.9. The Balaban J connectivity index is 2.19. The summed E-state index contributed by atoms with van der Waals surface area (Å²) in [5, 5.41) is 8.12. The van der Waals surface area contributed by atoms with Crippen molar-refractivity contribution in [2.75, 3.05) is 0 Å². The van der Waals surface area contributed by atoms with E-state index in [9.17, 15) is 8.78 Å². The van der Waals surface area contributed by atoms with E-state index in [0.717, 1.165) is 23.4 Å². The van der Waals surface area contributed by atoms with Gasteiger partial charge in [-0.3, -0.25) is 0 Å². The van der Waals surface area contributed by atoms with Crippen molar-refractivity contribution >= 4 is 0 Å². The second-order valence-corrected chi connectivity index (χ2v) is 4.97. The summed E-state index contributed by atoms with van der Waals surface area (Å²) in [7, 11) is 0. The Morgan fingerprint density at radius 1 is 1.05 bits per heavy atom. The Morgan fingerprint density at radius 3 is 2.41 bits per heavy atom. The lowest BCUT2D eigenvalue weighted by molar-refractivity contribution is 0.509. The number of nitrogens with zero attached hydrogens (tertiary/aromatic N) is 3. The van der Waals surface area contributed by atoms with Gasteiger partial charge in [0.25, 0.3) is 0 Å². The Hall–Kier alpha value is -2.60. The average molecular weight is 300 g/mol. The van der Waals surface area contributed by atoms with E-state index in [-0.39, 0.29) is 6.54 Å². The Kier molecular flexibility index (Phi) is 3.68. The summed E-state index contributed by atoms with van der Waals surface area (Å²) in [6.45, 7) is 2.13. The monoisotopic (exact) mass is 300 g/mol. The van der Waals surface area contributed by atoms with Crippen molar-refractivity contribution in [3.8, 4) is 16.9 Å². The van der Waals surface area contributed by atoms with Crippen LogP contribution in [0.25, 0.3) is 16.9 Å². The summed E-state index contributed by atoms with van der Waals surface area (Å²) in [5.74, 6) is -1.82. The number of nitrogens with two attached hydrogens (primary N) is 1. The van der Waals surface area contributed by atoms with E-state index >= 15 is 0 Å². The molecule has 0 radical (unpaired) electrons. The molecule has 3 rings (SSSR count). The first-order valence-corrected chi connectivity index (χ1v) is 6.77. The third-order valence-corrected chi connectivity index (χ3v) is 3.40. The van der Waals surface area contributed by atoms with E-state index in [2.05, 4.69) is 10.3 Å². The summed E-state index contributed by atoms with van der Waals surface area (Å²) in [5.41, 5.74) is 9.13. The van der Waals surface area contributed by atoms with E-state index in [0.29, 0.717) is 17.0 Å². The van der Waals surface area contributed by atoms with Gasteiger partial charge in [-0.25, -0.2) is 13.5 Å². The number of hydrogen-bond acceptors (Lipinski definition) is 3. The van der Waals surface area contributed by atoms with E-state index in [1.807, 2.05) is 31.2 Å². The molecule has 0 spiro atoms. The van der Waals surface area contributed by atoms with Crippen LogP contribution in [0.2, 0.25) is 0 Å². The molecule has 0 saturated heterocycles. The molecule has 0 aliphatic heterocycles. The second-order valence-electron chi connectivity index (χ2n) is 4.97. The van der Waals surface area contributed by atoms with Crippen LogP contribution < -0.4 is 5.73 Å². The quantitative estimate of drug-likeness (QED) is 0.809. The topological polar surface area (TPSA) is 56.7 Å². The molecule has 3 aromatic rings. The van der Waals surface area contributed by atoms with Gasteiger partial charge in [0.2, 0.25) is 0 Å². The fourth-order valence-electron chi connectivity index (χ4n) is 2.25. The maximum absolute atomic E-state index is 13.5. The van der Waals surface area contributed by atoms with Crippen LogP contribution in [0.15, 0.2) is 42.5 Å². The van der Waals surface area contributed by atoms with Crippen LogP contribution >= 0.6 is 0 Å². The van der Waals surface area contributed by atoms with Crippen molar-refractivity contribution in [2.24, 2.45) is 5.73 Å². The van der Waals surface area contributed by atoms with Gasteiger partial charge < -0.3 is 5.73 Å². The molecular weight excluding hydrogens is 286 g/mol. The molecular formula is C16H14F2N4. The fraction of sp³-hybridized carbons (Fsp3) is 0.125. The van der Waals surface area contributed by atoms with Gasteiger partial charge >= 0.3 is 0 Å². The SMILES string of the molecule is Cc1ccc(-n2nnc(CN)c2-c2ccc(F)c(F)c2)cc1. The average Bonchev–Trinajstić information content (AvgIpc) is 2.94. The second kappa shape index (κ2) is 5.65. The van der Waals surface area contributed by atoms with Crippen LogP contribution in [-0.2, 0) is 6.54 Å². The smallest absolute Gasteiger partial charge is 0.159 e. The molecule has 2 N–H and O–H groups in total. The lowest BCUT2D eigenvalue weighted by Crippen LogP contribution is -2.03. The van der Waals surface area contributed by atoms with E-state index in [4.69, 9.17) is 5.73 Å². The van der Waals surface area contributed by atoms with Gasteiger partial charge in [0.1, 0.15) is 5.69 Å². The Morgan fingerprint density at radius 2 is 1.77 bits per heavy atom. The largest absolute Gasteiger partial charge is 0.325 e. The van der Waals surface area contributed by atoms with Crippen molar-refractivity contribution in [2.45, 2.75) is 13.5 Å². The Bertz CT molecular complexity index is 810. The highest BCUT2D eigenvalue weighted by molar-refractivity contribution is 5.64. The van der Waals surface area contributed by atoms with Crippen molar-refractivity contribution in [3.63, 3.8) is 0 Å². The maximum atomic E-state index is 13.5. The molecule has 0 atom stereocenters. The molecule has 0 amide bonds. The molecule has 0 bridgehead atoms. The Labute approximate surface area is 126 Å². The number of aromatic nitrogens is 3. The third kappa shape index (κ3) is 2.48. The highest BCUT2D eigenvalue weighted by Gasteiger charge is 2.16. The zero-order chi connectivity index (χ0) is 15.7. The van der Waals surface area contributed by atoms with Gasteiger partial charge in [-0.2, -0.15) is 0 Å². The van der Waals surface area contributed by atoms with Crippen molar-refractivity contribution < 1.29 is 8.78 Å². The van der Waals surface area contributed by atoms with Crippen LogP contribution in [-0.4, -0.2) is 15.0 Å². The molecule has 22 heavy (non-hydrogen) atoms. The molecule has 112 valence electrons. The normalized spacial score (nSPS) is 10.9. The molecule has 1 aromatic heterocycles. The highest BCUT2D eigenvalue weighted by Crippen LogP contribution is 2.26. The molecule has 4 nitrogen and oxygen atoms in total. The predicted molar refractivity (Wildman–Crippen MR) is 79.3 cm³/mol. The number of hydrogen-bond donors (Lipinski definition) is 1. The summed E-state index contributed by atoms with van der Waals surface area (Å²) < 4.78 is 28.3. The first-order chi connectivity index (χ1) is 10.6. The predicted octanol–water partition coefficient (Wildman–Crippen LogP) is 2.98. The van der Waals surface area contributed by atoms with Crippen molar-refractivity contribution in [1.82, 2.24) is 15.0 Å². The van der Waals surface area contributed by atoms with Gasteiger partial charge in [-0.05, 0) is 37.3 Å². The molecule has 0 aliphatic rings. The summed E-state index contributed by atoms with van der Waals surface area (Å²) in [6.07, 6.45) is 0. The van der Waals surface area contributed by atoms with E-state index < -0.39 is 11.6 Å². The molecule has 2 aromatic carbocycles. The van der Waals surface area contributed by atoms with Crippen LogP contribution in [0.1, 0.15) is 11.3 Å². The summed E-state index contributed by atoms with van der Waals surface area (Å²) in [6, 6.07) is 11.3. The first-order valence-electron chi connectivity index (χ1n) is 6.77. The van der Waals surface area contributed by atoms with Crippen LogP contribution in [0.4, 0.5) is 8.78 Å². The highest BCUT2D eigenvalue weighted by atomic mass is 19.2. The minimum absolute atomic E-state index is 0.153. The molecule has 1 heterocycles. The molecule has 6 heteroatoms. The van der Waals surface area contributed by atoms with Gasteiger partial charge in [-0.1, -0.05) is 22.9 Å². The van der Waals surface area contributed by atoms with Crippen molar-refractivity contribution in [1.29, 1.82) is 0 Å².